The van der Waals surface area contributed by atoms with Gasteiger partial charge in [0.1, 0.15) is 5.82 Å². The molecule has 0 radical (unpaired) electrons. The smallest absolute Gasteiger partial charge is 0.178 e. The number of thiazole rings is 1. The van der Waals surface area contributed by atoms with Crippen LogP contribution in [0.15, 0.2) is 24.4 Å². The molecular weight excluding hydrogens is 261 g/mol. The molecule has 2 nitrogen and oxygen atoms in total. The van der Waals surface area contributed by atoms with Crippen LogP contribution in [0.4, 0.5) is 4.39 Å². The summed E-state index contributed by atoms with van der Waals surface area (Å²) in [5.74, 6) is -0.560. The first kappa shape index (κ1) is 12.2. The molecule has 0 aliphatic rings. The number of halogens is 2. The van der Waals surface area contributed by atoms with Gasteiger partial charge in [-0.2, -0.15) is 0 Å². The molecule has 88 valence electrons. The van der Waals surface area contributed by atoms with Crippen LogP contribution in [0.2, 0.25) is 5.02 Å². The lowest BCUT2D eigenvalue weighted by atomic mass is 10.1. The van der Waals surface area contributed by atoms with Crippen molar-refractivity contribution in [1.82, 2.24) is 4.98 Å². The Balaban J connectivity index is 2.15. The number of hydrogen-bond donors (Lipinski definition) is 0. The average molecular weight is 270 g/mol. The number of carbonyl (C=O) groups is 1. The van der Waals surface area contributed by atoms with Crippen LogP contribution < -0.4 is 0 Å². The van der Waals surface area contributed by atoms with E-state index in [-0.39, 0.29) is 17.2 Å². The van der Waals surface area contributed by atoms with Gasteiger partial charge in [0.15, 0.2) is 5.78 Å². The molecule has 0 fully saturated rings. The molecule has 2 aromatic rings. The van der Waals surface area contributed by atoms with Crippen molar-refractivity contribution in [2.75, 3.05) is 0 Å². The molecule has 0 bridgehead atoms. The largest absolute Gasteiger partial charge is 0.293 e. The first-order chi connectivity index (χ1) is 8.06. The minimum Gasteiger partial charge on any atom is -0.293 e. The predicted molar refractivity (Wildman–Crippen MR) is 66.3 cm³/mol. The number of benzene rings is 1. The fourth-order valence-electron chi connectivity index (χ4n) is 1.41. The minimum atomic E-state index is -0.502. The first-order valence-electron chi connectivity index (χ1n) is 4.96. The van der Waals surface area contributed by atoms with Crippen molar-refractivity contribution in [3.63, 3.8) is 0 Å². The molecule has 0 aliphatic carbocycles. The molecule has 17 heavy (non-hydrogen) atoms. The van der Waals surface area contributed by atoms with Crippen LogP contribution in [0.5, 0.6) is 0 Å². The third-order valence-corrected chi connectivity index (χ3v) is 3.51. The topological polar surface area (TPSA) is 30.0 Å². The molecule has 1 aromatic carbocycles. The minimum absolute atomic E-state index is 0.0580. The Labute approximate surface area is 107 Å². The molecule has 0 saturated heterocycles. The van der Waals surface area contributed by atoms with Crippen molar-refractivity contribution >= 4 is 28.7 Å². The van der Waals surface area contributed by atoms with E-state index in [0.29, 0.717) is 10.4 Å². The number of nitrogens with zero attached hydrogens (tertiary/aromatic N) is 1. The van der Waals surface area contributed by atoms with E-state index >= 15 is 0 Å². The van der Waals surface area contributed by atoms with Gasteiger partial charge in [-0.05, 0) is 24.6 Å². The first-order valence-corrected chi connectivity index (χ1v) is 6.15. The second-order valence-corrected chi connectivity index (χ2v) is 5.23. The zero-order valence-electron chi connectivity index (χ0n) is 9.04. The van der Waals surface area contributed by atoms with Crippen LogP contribution in [0.1, 0.15) is 20.2 Å². The Kier molecular flexibility index (Phi) is 3.54. The lowest BCUT2D eigenvalue weighted by Crippen LogP contribution is -2.01. The summed E-state index contributed by atoms with van der Waals surface area (Å²) >= 11 is 6.91. The molecule has 0 spiro atoms. The van der Waals surface area contributed by atoms with Crippen LogP contribution in [-0.4, -0.2) is 10.8 Å². The van der Waals surface area contributed by atoms with Gasteiger partial charge in [-0.15, -0.1) is 11.3 Å². The van der Waals surface area contributed by atoms with Crippen LogP contribution in [0, 0.1) is 12.7 Å². The summed E-state index contributed by atoms with van der Waals surface area (Å²) in [6.07, 6.45) is 1.71. The third-order valence-electron chi connectivity index (χ3n) is 2.24. The van der Waals surface area contributed by atoms with Crippen LogP contribution in [0.3, 0.4) is 0 Å². The average Bonchev–Trinajstić information content (AvgIpc) is 2.70. The summed E-state index contributed by atoms with van der Waals surface area (Å²) in [5, 5.41) is 0.908. The van der Waals surface area contributed by atoms with E-state index < -0.39 is 5.82 Å². The second kappa shape index (κ2) is 4.94. The van der Waals surface area contributed by atoms with E-state index in [9.17, 15) is 9.18 Å². The fraction of sp³-hybridized carbons (Fsp3) is 0.167. The quantitative estimate of drug-likeness (QED) is 0.796. The monoisotopic (exact) mass is 269 g/mol. The molecule has 0 saturated carbocycles. The maximum atomic E-state index is 13.2. The van der Waals surface area contributed by atoms with Gasteiger partial charge < -0.3 is 0 Å². The van der Waals surface area contributed by atoms with Crippen molar-refractivity contribution in [1.29, 1.82) is 0 Å². The zero-order chi connectivity index (χ0) is 12.4. The SMILES string of the molecule is Cc1ncc(C(=O)Cc2ccc(Cl)c(F)c2)s1. The summed E-state index contributed by atoms with van der Waals surface area (Å²) in [5.41, 5.74) is 0.614. The summed E-state index contributed by atoms with van der Waals surface area (Å²) in [6.45, 7) is 1.84. The highest BCUT2D eigenvalue weighted by molar-refractivity contribution is 7.13. The maximum Gasteiger partial charge on any atom is 0.178 e. The van der Waals surface area contributed by atoms with Crippen LogP contribution in [-0.2, 0) is 6.42 Å². The van der Waals surface area contributed by atoms with Crippen molar-refractivity contribution in [3.8, 4) is 0 Å². The van der Waals surface area contributed by atoms with Crippen molar-refractivity contribution < 1.29 is 9.18 Å². The Bertz CT molecular complexity index is 567. The third kappa shape index (κ3) is 2.90. The van der Waals surface area contributed by atoms with E-state index in [1.807, 2.05) is 6.92 Å². The van der Waals surface area contributed by atoms with E-state index in [1.165, 1.54) is 23.5 Å². The van der Waals surface area contributed by atoms with Gasteiger partial charge in [-0.3, -0.25) is 4.79 Å². The van der Waals surface area contributed by atoms with Gasteiger partial charge in [0, 0.05) is 12.6 Å². The highest BCUT2D eigenvalue weighted by Gasteiger charge is 2.11. The van der Waals surface area contributed by atoms with E-state index in [1.54, 1.807) is 12.3 Å². The molecule has 1 heterocycles. The zero-order valence-corrected chi connectivity index (χ0v) is 10.6. The molecular formula is C12H9ClFNOS. The number of hydrogen-bond acceptors (Lipinski definition) is 3. The Morgan fingerprint density at radius 2 is 2.29 bits per heavy atom. The number of rotatable bonds is 3. The molecule has 0 N–H and O–H groups in total. The van der Waals surface area contributed by atoms with Gasteiger partial charge in [0.25, 0.3) is 0 Å². The van der Waals surface area contributed by atoms with Crippen LogP contribution >= 0.6 is 22.9 Å². The fourth-order valence-corrected chi connectivity index (χ4v) is 2.25. The Morgan fingerprint density at radius 1 is 1.53 bits per heavy atom. The highest BCUT2D eigenvalue weighted by Crippen LogP contribution is 2.18. The summed E-state index contributed by atoms with van der Waals surface area (Å²) < 4.78 is 13.2. The molecule has 0 aliphatic heterocycles. The van der Waals surface area contributed by atoms with Gasteiger partial charge in [-0.25, -0.2) is 9.37 Å². The van der Waals surface area contributed by atoms with Crippen LogP contribution in [0.25, 0.3) is 0 Å². The van der Waals surface area contributed by atoms with E-state index in [4.69, 9.17) is 11.6 Å². The highest BCUT2D eigenvalue weighted by atomic mass is 35.5. The van der Waals surface area contributed by atoms with Crippen molar-refractivity contribution in [3.05, 3.63) is 50.7 Å². The number of aryl methyl sites for hydroxylation is 1. The molecule has 1 aromatic heterocycles. The standard InChI is InChI=1S/C12H9ClFNOS/c1-7-15-6-12(17-7)11(16)5-8-2-3-9(13)10(14)4-8/h2-4,6H,5H2,1H3. The second-order valence-electron chi connectivity index (χ2n) is 3.59. The predicted octanol–water partition coefficient (Wildman–Crippen LogP) is 3.67. The van der Waals surface area contributed by atoms with Gasteiger partial charge in [-0.1, -0.05) is 17.7 Å². The molecule has 5 heteroatoms. The summed E-state index contributed by atoms with van der Waals surface area (Å²) in [6, 6.07) is 4.39. The lowest BCUT2D eigenvalue weighted by molar-refractivity contribution is 0.0996. The lowest BCUT2D eigenvalue weighted by Gasteiger charge is -2.00. The number of aromatic nitrogens is 1. The van der Waals surface area contributed by atoms with Gasteiger partial charge in [0.2, 0.25) is 0 Å². The van der Waals surface area contributed by atoms with E-state index in [2.05, 4.69) is 4.98 Å². The summed E-state index contributed by atoms with van der Waals surface area (Å²) in [7, 11) is 0. The number of carbonyl (C=O) groups excluding carboxylic acids is 1. The van der Waals surface area contributed by atoms with E-state index in [0.717, 1.165) is 5.01 Å². The number of ketones is 1. The van der Waals surface area contributed by atoms with Gasteiger partial charge >= 0.3 is 0 Å². The summed E-state index contributed by atoms with van der Waals surface area (Å²) in [4.78, 5) is 16.4. The molecule has 0 unspecified atom stereocenters. The molecule has 0 amide bonds. The Morgan fingerprint density at radius 3 is 2.88 bits per heavy atom. The maximum absolute atomic E-state index is 13.2. The van der Waals surface area contributed by atoms with Gasteiger partial charge in [0.05, 0.1) is 14.9 Å². The van der Waals surface area contributed by atoms with Crippen molar-refractivity contribution in [2.45, 2.75) is 13.3 Å². The molecule has 2 rings (SSSR count). The number of Topliss-reactive ketones (excluding diaryl/α,β-unsaturated/α-hetero) is 1. The Hall–Kier alpha value is -1.26. The normalized spacial score (nSPS) is 10.5. The van der Waals surface area contributed by atoms with Crippen molar-refractivity contribution in [2.24, 2.45) is 0 Å². The molecule has 0 atom stereocenters.